The molecule has 1 saturated carbocycles. The summed E-state index contributed by atoms with van der Waals surface area (Å²) in [5, 5.41) is 11.9. The van der Waals surface area contributed by atoms with Crippen LogP contribution < -0.4 is 5.32 Å². The molecule has 3 heteroatoms. The Hall–Kier alpha value is -0.590. The summed E-state index contributed by atoms with van der Waals surface area (Å²) in [5.74, 6) is 0.814. The van der Waals surface area contributed by atoms with Gasteiger partial charge in [-0.2, -0.15) is 5.26 Å². The standard InChI is InChI=1S/C13H25N3/c1-11-6-4-5-7-13(11)16(3)9-8-12(10-14)15-2/h11-13,15H,4-9H2,1-3H3. The molecule has 0 aromatic heterocycles. The van der Waals surface area contributed by atoms with E-state index in [0.29, 0.717) is 0 Å². The van der Waals surface area contributed by atoms with Crippen molar-refractivity contribution >= 4 is 0 Å². The largest absolute Gasteiger partial charge is 0.305 e. The molecular formula is C13H25N3. The smallest absolute Gasteiger partial charge is 0.0962 e. The van der Waals surface area contributed by atoms with Crippen LogP contribution in [0, 0.1) is 17.2 Å². The number of nitriles is 1. The predicted octanol–water partition coefficient (Wildman–Crippen LogP) is 2.00. The molecule has 3 nitrogen and oxygen atoms in total. The van der Waals surface area contributed by atoms with E-state index in [1.807, 2.05) is 7.05 Å². The first kappa shape index (κ1) is 13.5. The lowest BCUT2D eigenvalue weighted by Gasteiger charge is -2.36. The Labute approximate surface area is 99.8 Å². The molecule has 3 unspecified atom stereocenters. The van der Waals surface area contributed by atoms with Crippen molar-refractivity contribution in [3.05, 3.63) is 0 Å². The summed E-state index contributed by atoms with van der Waals surface area (Å²) >= 11 is 0. The van der Waals surface area contributed by atoms with Crippen molar-refractivity contribution in [3.8, 4) is 6.07 Å². The molecule has 0 aromatic rings. The average Bonchev–Trinajstić information content (AvgIpc) is 2.30. The Morgan fingerprint density at radius 2 is 2.12 bits per heavy atom. The first-order valence-corrected chi connectivity index (χ1v) is 6.46. The first-order chi connectivity index (χ1) is 7.69. The number of hydrogen-bond donors (Lipinski definition) is 1. The molecule has 0 aliphatic heterocycles. The molecule has 0 spiro atoms. The summed E-state index contributed by atoms with van der Waals surface area (Å²) in [6, 6.07) is 3.01. The minimum Gasteiger partial charge on any atom is -0.305 e. The summed E-state index contributed by atoms with van der Waals surface area (Å²) in [5.41, 5.74) is 0. The number of nitrogens with zero attached hydrogens (tertiary/aromatic N) is 2. The molecular weight excluding hydrogens is 198 g/mol. The highest BCUT2D eigenvalue weighted by Crippen LogP contribution is 2.27. The van der Waals surface area contributed by atoms with Gasteiger partial charge in [0.15, 0.2) is 0 Å². The van der Waals surface area contributed by atoms with E-state index >= 15 is 0 Å². The average molecular weight is 223 g/mol. The molecule has 1 aliphatic rings. The van der Waals surface area contributed by atoms with Gasteiger partial charge in [0, 0.05) is 12.6 Å². The zero-order valence-corrected chi connectivity index (χ0v) is 10.9. The van der Waals surface area contributed by atoms with Crippen molar-refractivity contribution in [1.82, 2.24) is 10.2 Å². The third-order valence-electron chi connectivity index (χ3n) is 3.91. The van der Waals surface area contributed by atoms with Crippen LogP contribution in [0.2, 0.25) is 0 Å². The zero-order valence-electron chi connectivity index (χ0n) is 10.9. The van der Waals surface area contributed by atoms with Crippen molar-refractivity contribution in [2.45, 2.75) is 51.1 Å². The molecule has 0 aromatic carbocycles. The quantitative estimate of drug-likeness (QED) is 0.775. The van der Waals surface area contributed by atoms with E-state index in [1.165, 1.54) is 25.7 Å². The van der Waals surface area contributed by atoms with Gasteiger partial charge in [0.1, 0.15) is 0 Å². The van der Waals surface area contributed by atoms with Crippen LogP contribution >= 0.6 is 0 Å². The zero-order chi connectivity index (χ0) is 12.0. The highest BCUT2D eigenvalue weighted by molar-refractivity contribution is 4.89. The lowest BCUT2D eigenvalue weighted by molar-refractivity contribution is 0.136. The molecule has 1 N–H and O–H groups in total. The Balaban J connectivity index is 2.33. The summed E-state index contributed by atoms with van der Waals surface area (Å²) in [7, 11) is 4.06. The first-order valence-electron chi connectivity index (χ1n) is 6.46. The monoisotopic (exact) mass is 223 g/mol. The van der Waals surface area contributed by atoms with Gasteiger partial charge < -0.3 is 10.2 Å². The van der Waals surface area contributed by atoms with E-state index in [9.17, 15) is 0 Å². The van der Waals surface area contributed by atoms with E-state index in [1.54, 1.807) is 0 Å². The van der Waals surface area contributed by atoms with Crippen LogP contribution in [0.5, 0.6) is 0 Å². The van der Waals surface area contributed by atoms with Gasteiger partial charge in [-0.05, 0) is 39.3 Å². The molecule has 0 bridgehead atoms. The Morgan fingerprint density at radius 3 is 2.69 bits per heavy atom. The van der Waals surface area contributed by atoms with Crippen molar-refractivity contribution in [2.75, 3.05) is 20.6 Å². The van der Waals surface area contributed by atoms with Crippen LogP contribution in [0.25, 0.3) is 0 Å². The molecule has 1 fully saturated rings. The fourth-order valence-electron chi connectivity index (χ4n) is 2.72. The minimum atomic E-state index is 0.00125. The number of rotatable bonds is 5. The minimum absolute atomic E-state index is 0.00125. The topological polar surface area (TPSA) is 39.1 Å². The molecule has 0 radical (unpaired) electrons. The van der Waals surface area contributed by atoms with Crippen LogP contribution in [0.15, 0.2) is 0 Å². The van der Waals surface area contributed by atoms with E-state index in [2.05, 4.69) is 30.3 Å². The van der Waals surface area contributed by atoms with Gasteiger partial charge in [-0.1, -0.05) is 19.8 Å². The van der Waals surface area contributed by atoms with Crippen LogP contribution in [0.1, 0.15) is 39.0 Å². The van der Waals surface area contributed by atoms with Gasteiger partial charge in [0.05, 0.1) is 12.1 Å². The second-order valence-electron chi connectivity index (χ2n) is 5.07. The van der Waals surface area contributed by atoms with Gasteiger partial charge in [-0.25, -0.2) is 0 Å². The van der Waals surface area contributed by atoms with E-state index in [4.69, 9.17) is 5.26 Å². The fraction of sp³-hybridized carbons (Fsp3) is 0.923. The van der Waals surface area contributed by atoms with Gasteiger partial charge in [0.2, 0.25) is 0 Å². The maximum Gasteiger partial charge on any atom is 0.0962 e. The second kappa shape index (κ2) is 6.88. The SMILES string of the molecule is CNC(C#N)CCN(C)C1CCCCC1C. The summed E-state index contributed by atoms with van der Waals surface area (Å²) in [4.78, 5) is 2.45. The molecule has 92 valence electrons. The third kappa shape index (κ3) is 3.77. The highest BCUT2D eigenvalue weighted by Gasteiger charge is 2.24. The summed E-state index contributed by atoms with van der Waals surface area (Å²) < 4.78 is 0. The Morgan fingerprint density at radius 1 is 1.44 bits per heavy atom. The van der Waals surface area contributed by atoms with Gasteiger partial charge in [0.25, 0.3) is 0 Å². The van der Waals surface area contributed by atoms with Gasteiger partial charge in [-0.15, -0.1) is 0 Å². The summed E-state index contributed by atoms with van der Waals surface area (Å²) in [6.45, 7) is 3.38. The molecule has 1 aliphatic carbocycles. The molecule has 0 heterocycles. The maximum atomic E-state index is 8.87. The molecule has 3 atom stereocenters. The van der Waals surface area contributed by atoms with E-state index < -0.39 is 0 Å². The fourth-order valence-corrected chi connectivity index (χ4v) is 2.72. The Kier molecular flexibility index (Phi) is 5.79. The van der Waals surface area contributed by atoms with Crippen molar-refractivity contribution < 1.29 is 0 Å². The molecule has 0 saturated heterocycles. The van der Waals surface area contributed by atoms with Crippen LogP contribution in [0.3, 0.4) is 0 Å². The van der Waals surface area contributed by atoms with Crippen molar-refractivity contribution in [3.63, 3.8) is 0 Å². The lowest BCUT2D eigenvalue weighted by Crippen LogP contribution is -2.41. The molecule has 16 heavy (non-hydrogen) atoms. The summed E-state index contributed by atoms with van der Waals surface area (Å²) in [6.07, 6.45) is 6.37. The van der Waals surface area contributed by atoms with Crippen molar-refractivity contribution in [2.24, 2.45) is 5.92 Å². The Bertz CT molecular complexity index is 234. The number of nitrogens with one attached hydrogen (secondary N) is 1. The van der Waals surface area contributed by atoms with Crippen LogP contribution in [0.4, 0.5) is 0 Å². The predicted molar refractivity (Wildman–Crippen MR) is 67.1 cm³/mol. The van der Waals surface area contributed by atoms with Crippen LogP contribution in [-0.4, -0.2) is 37.6 Å². The third-order valence-corrected chi connectivity index (χ3v) is 3.91. The highest BCUT2D eigenvalue weighted by atomic mass is 15.1. The second-order valence-corrected chi connectivity index (χ2v) is 5.07. The molecule has 0 amide bonds. The van der Waals surface area contributed by atoms with Gasteiger partial charge >= 0.3 is 0 Å². The van der Waals surface area contributed by atoms with E-state index in [0.717, 1.165) is 24.9 Å². The number of hydrogen-bond acceptors (Lipinski definition) is 3. The van der Waals surface area contributed by atoms with Gasteiger partial charge in [-0.3, -0.25) is 0 Å². The van der Waals surface area contributed by atoms with Crippen LogP contribution in [-0.2, 0) is 0 Å². The molecule has 1 rings (SSSR count). The lowest BCUT2D eigenvalue weighted by atomic mass is 9.85. The van der Waals surface area contributed by atoms with E-state index in [-0.39, 0.29) is 6.04 Å². The van der Waals surface area contributed by atoms with Crippen molar-refractivity contribution in [1.29, 1.82) is 5.26 Å². The normalized spacial score (nSPS) is 27.7. The maximum absolute atomic E-state index is 8.87.